The van der Waals surface area contributed by atoms with Crippen LogP contribution in [0.3, 0.4) is 0 Å². The molecule has 72 valence electrons. The van der Waals surface area contributed by atoms with Gasteiger partial charge in [0.25, 0.3) is 0 Å². The van der Waals surface area contributed by atoms with Gasteiger partial charge in [-0.15, -0.1) is 0 Å². The van der Waals surface area contributed by atoms with Gasteiger partial charge in [-0.1, -0.05) is 18.2 Å². The topological polar surface area (TPSA) is 54.4 Å². The van der Waals surface area contributed by atoms with Crippen molar-refractivity contribution in [2.75, 3.05) is 0 Å². The molecule has 0 saturated carbocycles. The van der Waals surface area contributed by atoms with E-state index in [2.05, 4.69) is 0 Å². The zero-order valence-electron chi connectivity index (χ0n) is 7.69. The van der Waals surface area contributed by atoms with E-state index in [1.165, 1.54) is 6.08 Å². The highest BCUT2D eigenvalue weighted by Gasteiger charge is 1.89. The molecule has 0 heterocycles. The Morgan fingerprint density at radius 3 is 2.54 bits per heavy atom. The van der Waals surface area contributed by atoms with Crippen molar-refractivity contribution in [2.45, 2.75) is 26.2 Å². The van der Waals surface area contributed by atoms with E-state index in [-0.39, 0.29) is 5.78 Å². The van der Waals surface area contributed by atoms with Crippen LogP contribution in [0.1, 0.15) is 26.2 Å². The van der Waals surface area contributed by atoms with E-state index in [1.54, 1.807) is 13.0 Å². The van der Waals surface area contributed by atoms with Crippen LogP contribution in [0.15, 0.2) is 24.3 Å². The van der Waals surface area contributed by atoms with E-state index in [9.17, 15) is 9.59 Å². The molecule has 0 amide bonds. The lowest BCUT2D eigenvalue weighted by molar-refractivity contribution is -0.131. The molecule has 0 aliphatic rings. The maximum Gasteiger partial charge on any atom is 0.328 e. The predicted molar refractivity (Wildman–Crippen MR) is 50.4 cm³/mol. The average Bonchev–Trinajstić information content (AvgIpc) is 2.01. The number of carbonyl (C=O) groups is 2. The molecule has 0 aromatic rings. The third-order valence-corrected chi connectivity index (χ3v) is 1.39. The van der Waals surface area contributed by atoms with Gasteiger partial charge in [0.15, 0.2) is 0 Å². The number of ketones is 1. The van der Waals surface area contributed by atoms with Gasteiger partial charge in [-0.2, -0.15) is 0 Å². The van der Waals surface area contributed by atoms with Gasteiger partial charge in [-0.25, -0.2) is 4.79 Å². The summed E-state index contributed by atoms with van der Waals surface area (Å²) in [6, 6.07) is 0. The van der Waals surface area contributed by atoms with E-state index in [4.69, 9.17) is 5.11 Å². The van der Waals surface area contributed by atoms with Gasteiger partial charge in [0.1, 0.15) is 5.78 Å². The molecule has 0 atom stereocenters. The van der Waals surface area contributed by atoms with Crippen LogP contribution >= 0.6 is 0 Å². The highest BCUT2D eigenvalue weighted by atomic mass is 16.4. The van der Waals surface area contributed by atoms with Crippen LogP contribution in [0.4, 0.5) is 0 Å². The first-order valence-corrected chi connectivity index (χ1v) is 4.18. The van der Waals surface area contributed by atoms with Gasteiger partial charge in [-0.05, 0) is 19.8 Å². The summed E-state index contributed by atoms with van der Waals surface area (Å²) in [6.45, 7) is 1.56. The van der Waals surface area contributed by atoms with Crippen molar-refractivity contribution >= 4 is 11.8 Å². The van der Waals surface area contributed by atoms with Crippen molar-refractivity contribution in [1.82, 2.24) is 0 Å². The van der Waals surface area contributed by atoms with E-state index < -0.39 is 5.97 Å². The maximum atomic E-state index is 10.5. The quantitative estimate of drug-likeness (QED) is 0.388. The van der Waals surface area contributed by atoms with Gasteiger partial charge in [0.2, 0.25) is 0 Å². The second-order valence-corrected chi connectivity index (χ2v) is 2.72. The second kappa shape index (κ2) is 7.28. The summed E-state index contributed by atoms with van der Waals surface area (Å²) in [5.74, 6) is -0.761. The number of carboxylic acid groups (broad SMARTS) is 1. The van der Waals surface area contributed by atoms with Crippen LogP contribution in [0.2, 0.25) is 0 Å². The third kappa shape index (κ3) is 10.6. The fraction of sp³-hybridized carbons (Fsp3) is 0.400. The number of carboxylic acids is 1. The molecule has 1 N–H and O–H groups in total. The normalized spacial score (nSPS) is 11.2. The van der Waals surface area contributed by atoms with Crippen LogP contribution in [0.5, 0.6) is 0 Å². The number of carbonyl (C=O) groups excluding carboxylic acids is 1. The Labute approximate surface area is 77.8 Å². The molecule has 0 aliphatic carbocycles. The average molecular weight is 182 g/mol. The Balaban J connectivity index is 3.42. The first-order chi connectivity index (χ1) is 6.13. The molecular weight excluding hydrogens is 168 g/mol. The van der Waals surface area contributed by atoms with Crippen LogP contribution in [0, 0.1) is 0 Å². The summed E-state index contributed by atoms with van der Waals surface area (Å²) in [6.07, 6.45) is 8.29. The number of unbranched alkanes of at least 4 members (excludes halogenated alkanes) is 1. The number of hydrogen-bond donors (Lipinski definition) is 1. The van der Waals surface area contributed by atoms with Crippen LogP contribution in [0.25, 0.3) is 0 Å². The molecule has 0 aromatic carbocycles. The first-order valence-electron chi connectivity index (χ1n) is 4.18. The van der Waals surface area contributed by atoms with Crippen molar-refractivity contribution in [3.63, 3.8) is 0 Å². The molecule has 0 aliphatic heterocycles. The van der Waals surface area contributed by atoms with Crippen molar-refractivity contribution in [1.29, 1.82) is 0 Å². The summed E-state index contributed by atoms with van der Waals surface area (Å²) in [7, 11) is 0. The minimum atomic E-state index is -0.951. The van der Waals surface area contributed by atoms with Crippen molar-refractivity contribution in [3.8, 4) is 0 Å². The molecule has 0 bridgehead atoms. The molecule has 3 heteroatoms. The van der Waals surface area contributed by atoms with E-state index in [0.717, 1.165) is 18.9 Å². The fourth-order valence-corrected chi connectivity index (χ4v) is 0.782. The number of rotatable bonds is 6. The van der Waals surface area contributed by atoms with E-state index in [0.29, 0.717) is 6.42 Å². The molecule has 0 spiro atoms. The van der Waals surface area contributed by atoms with Gasteiger partial charge >= 0.3 is 5.97 Å². The van der Waals surface area contributed by atoms with Crippen molar-refractivity contribution in [2.24, 2.45) is 0 Å². The highest BCUT2D eigenvalue weighted by Crippen LogP contribution is 1.97. The molecule has 0 rings (SSSR count). The summed E-state index contributed by atoms with van der Waals surface area (Å²) in [5, 5.41) is 8.22. The lowest BCUT2D eigenvalue weighted by Crippen LogP contribution is -1.87. The second-order valence-electron chi connectivity index (χ2n) is 2.72. The molecular formula is C10H14O3. The third-order valence-electron chi connectivity index (χ3n) is 1.39. The molecule has 3 nitrogen and oxygen atoms in total. The summed E-state index contributed by atoms with van der Waals surface area (Å²) >= 11 is 0. The van der Waals surface area contributed by atoms with Crippen molar-refractivity contribution in [3.05, 3.63) is 24.3 Å². The SMILES string of the molecule is CC(=O)CCCC=CC=CC(=O)O. The monoisotopic (exact) mass is 182 g/mol. The molecule has 0 unspecified atom stereocenters. The van der Waals surface area contributed by atoms with Crippen LogP contribution < -0.4 is 0 Å². The smallest absolute Gasteiger partial charge is 0.328 e. The minimum Gasteiger partial charge on any atom is -0.478 e. The van der Waals surface area contributed by atoms with Gasteiger partial charge < -0.3 is 9.90 Å². The van der Waals surface area contributed by atoms with Crippen molar-refractivity contribution < 1.29 is 14.7 Å². The van der Waals surface area contributed by atoms with Crippen LogP contribution in [-0.4, -0.2) is 16.9 Å². The van der Waals surface area contributed by atoms with Gasteiger partial charge in [0, 0.05) is 12.5 Å². The molecule has 0 saturated heterocycles. The zero-order chi connectivity index (χ0) is 10.1. The molecule has 13 heavy (non-hydrogen) atoms. The van der Waals surface area contributed by atoms with Gasteiger partial charge in [0.05, 0.1) is 0 Å². The number of aliphatic carboxylic acids is 1. The fourth-order valence-electron chi connectivity index (χ4n) is 0.782. The predicted octanol–water partition coefficient (Wildman–Crippen LogP) is 1.94. The Morgan fingerprint density at radius 1 is 1.31 bits per heavy atom. The minimum absolute atomic E-state index is 0.189. The number of hydrogen-bond acceptors (Lipinski definition) is 2. The zero-order valence-corrected chi connectivity index (χ0v) is 7.69. The molecule has 0 fully saturated rings. The molecule has 0 radical (unpaired) electrons. The number of Topliss-reactive ketones (excluding diaryl/α,β-unsaturated/α-hetero) is 1. The largest absolute Gasteiger partial charge is 0.478 e. The summed E-state index contributed by atoms with van der Waals surface area (Å²) in [5.41, 5.74) is 0. The Morgan fingerprint density at radius 2 is 2.00 bits per heavy atom. The lowest BCUT2D eigenvalue weighted by Gasteiger charge is -1.89. The standard InChI is InChI=1S/C10H14O3/c1-9(11)7-5-3-2-4-6-8-10(12)13/h2,4,6,8H,3,5,7H2,1H3,(H,12,13). The summed E-state index contributed by atoms with van der Waals surface area (Å²) in [4.78, 5) is 20.5. The maximum absolute atomic E-state index is 10.5. The Kier molecular flexibility index (Phi) is 6.51. The van der Waals surface area contributed by atoms with E-state index in [1.807, 2.05) is 6.08 Å². The molecule has 0 aromatic heterocycles. The lowest BCUT2D eigenvalue weighted by atomic mass is 10.2. The Hall–Kier alpha value is -1.38. The van der Waals surface area contributed by atoms with Gasteiger partial charge in [-0.3, -0.25) is 0 Å². The first kappa shape index (κ1) is 11.6. The van der Waals surface area contributed by atoms with Crippen LogP contribution in [-0.2, 0) is 9.59 Å². The Bertz CT molecular complexity index is 226. The highest BCUT2D eigenvalue weighted by molar-refractivity contribution is 5.80. The number of allylic oxidation sites excluding steroid dienone is 3. The summed E-state index contributed by atoms with van der Waals surface area (Å²) < 4.78 is 0. The van der Waals surface area contributed by atoms with E-state index >= 15 is 0 Å².